The number of benzene rings is 2. The topological polar surface area (TPSA) is 78.7 Å². The first-order chi connectivity index (χ1) is 12.8. The normalized spacial score (nSPS) is 14.9. The van der Waals surface area contributed by atoms with E-state index in [2.05, 4.69) is 22.2 Å². The molecule has 3 rings (SSSR count). The number of carbonyl (C=O) groups is 1. The van der Waals surface area contributed by atoms with Gasteiger partial charge in [-0.1, -0.05) is 17.2 Å². The van der Waals surface area contributed by atoms with Crippen molar-refractivity contribution >= 4 is 23.0 Å². The number of anilines is 2. The predicted octanol–water partition coefficient (Wildman–Crippen LogP) is 3.22. The van der Waals surface area contributed by atoms with Crippen LogP contribution in [-0.4, -0.2) is 49.0 Å². The van der Waals surface area contributed by atoms with E-state index in [0.717, 1.165) is 43.0 Å². The Bertz CT molecular complexity index is 853. The zero-order chi connectivity index (χ0) is 19.6. The van der Waals surface area contributed by atoms with Crippen LogP contribution < -0.4 is 10.2 Å². The lowest BCUT2D eigenvalue weighted by Crippen LogP contribution is -2.44. The average Bonchev–Trinajstić information content (AvgIpc) is 2.61. The third-order valence-corrected chi connectivity index (χ3v) is 4.77. The van der Waals surface area contributed by atoms with E-state index in [9.17, 15) is 14.9 Å². The largest absolute Gasteiger partial charge is 0.367 e. The Morgan fingerprint density at radius 3 is 2.26 bits per heavy atom. The fraction of sp³-hybridized carbons (Fsp3) is 0.350. The summed E-state index contributed by atoms with van der Waals surface area (Å²) in [6.07, 6.45) is 0. The predicted molar refractivity (Wildman–Crippen MR) is 107 cm³/mol. The second-order valence-corrected chi connectivity index (χ2v) is 7.08. The minimum absolute atomic E-state index is 0.0383. The van der Waals surface area contributed by atoms with E-state index >= 15 is 0 Å². The standard InChI is InChI=1S/C20H24N4O3/c1-14-10-15(2)12-16(11-14)20(25)21-18-13-17(24(26)27)4-5-19(18)23-8-6-22(3)7-9-23/h4-5,10-13H,6-9H2,1-3H3,(H,21,25). The maximum atomic E-state index is 12.8. The number of non-ortho nitro benzene ring substituents is 1. The van der Waals surface area contributed by atoms with E-state index in [0.29, 0.717) is 11.3 Å². The van der Waals surface area contributed by atoms with Gasteiger partial charge < -0.3 is 15.1 Å². The molecule has 2 aromatic rings. The van der Waals surface area contributed by atoms with Crippen LogP contribution in [0.5, 0.6) is 0 Å². The lowest BCUT2D eigenvalue weighted by atomic mass is 10.1. The Labute approximate surface area is 158 Å². The first-order valence-corrected chi connectivity index (χ1v) is 8.95. The summed E-state index contributed by atoms with van der Waals surface area (Å²) in [5.41, 5.74) is 3.79. The van der Waals surface area contributed by atoms with Crippen LogP contribution in [0.3, 0.4) is 0 Å². The Hall–Kier alpha value is -2.93. The van der Waals surface area contributed by atoms with Crippen molar-refractivity contribution in [3.63, 3.8) is 0 Å². The van der Waals surface area contributed by atoms with Gasteiger partial charge in [0.25, 0.3) is 11.6 Å². The van der Waals surface area contributed by atoms with Crippen molar-refractivity contribution in [3.8, 4) is 0 Å². The molecule has 1 aliphatic heterocycles. The highest BCUT2D eigenvalue weighted by Crippen LogP contribution is 2.31. The summed E-state index contributed by atoms with van der Waals surface area (Å²) < 4.78 is 0. The highest BCUT2D eigenvalue weighted by Gasteiger charge is 2.21. The van der Waals surface area contributed by atoms with Crippen molar-refractivity contribution in [2.45, 2.75) is 13.8 Å². The quantitative estimate of drug-likeness (QED) is 0.662. The van der Waals surface area contributed by atoms with Gasteiger partial charge in [-0.2, -0.15) is 0 Å². The number of hydrogen-bond donors (Lipinski definition) is 1. The van der Waals surface area contributed by atoms with Crippen LogP contribution >= 0.6 is 0 Å². The van der Waals surface area contributed by atoms with Gasteiger partial charge in [0.1, 0.15) is 0 Å². The van der Waals surface area contributed by atoms with Crippen molar-refractivity contribution in [1.82, 2.24) is 4.90 Å². The molecule has 1 N–H and O–H groups in total. The van der Waals surface area contributed by atoms with E-state index in [1.165, 1.54) is 12.1 Å². The summed E-state index contributed by atoms with van der Waals surface area (Å²) in [5.74, 6) is -0.266. The summed E-state index contributed by atoms with van der Waals surface area (Å²) in [5, 5.41) is 14.1. The summed E-state index contributed by atoms with van der Waals surface area (Å²) in [7, 11) is 2.07. The lowest BCUT2D eigenvalue weighted by molar-refractivity contribution is -0.384. The molecule has 1 fully saturated rings. The van der Waals surface area contributed by atoms with E-state index in [-0.39, 0.29) is 11.6 Å². The molecule has 1 heterocycles. The van der Waals surface area contributed by atoms with Gasteiger partial charge in [0.15, 0.2) is 0 Å². The van der Waals surface area contributed by atoms with Crippen LogP contribution in [0.25, 0.3) is 0 Å². The SMILES string of the molecule is Cc1cc(C)cc(C(=O)Nc2cc([N+](=O)[O-])ccc2N2CCN(C)CC2)c1. The average molecular weight is 368 g/mol. The molecular weight excluding hydrogens is 344 g/mol. The van der Waals surface area contributed by atoms with Crippen molar-refractivity contribution in [1.29, 1.82) is 0 Å². The highest BCUT2D eigenvalue weighted by atomic mass is 16.6. The maximum Gasteiger partial charge on any atom is 0.271 e. The van der Waals surface area contributed by atoms with Gasteiger partial charge in [0.2, 0.25) is 0 Å². The van der Waals surface area contributed by atoms with Crippen LogP contribution in [0.1, 0.15) is 21.5 Å². The number of nitrogens with one attached hydrogen (secondary N) is 1. The molecule has 142 valence electrons. The van der Waals surface area contributed by atoms with Crippen molar-refractivity contribution in [2.75, 3.05) is 43.4 Å². The monoisotopic (exact) mass is 368 g/mol. The number of aryl methyl sites for hydroxylation is 2. The molecule has 0 saturated carbocycles. The van der Waals surface area contributed by atoms with Crippen LogP contribution in [0.15, 0.2) is 36.4 Å². The summed E-state index contributed by atoms with van der Waals surface area (Å²) in [6, 6.07) is 10.3. The summed E-state index contributed by atoms with van der Waals surface area (Å²) >= 11 is 0. The number of likely N-dealkylation sites (N-methyl/N-ethyl adjacent to an activating group) is 1. The zero-order valence-electron chi connectivity index (χ0n) is 15.9. The van der Waals surface area contributed by atoms with Crippen LogP contribution in [-0.2, 0) is 0 Å². The molecule has 2 aromatic carbocycles. The van der Waals surface area contributed by atoms with Crippen LogP contribution in [0.2, 0.25) is 0 Å². The highest BCUT2D eigenvalue weighted by molar-refractivity contribution is 6.06. The number of nitro benzene ring substituents is 1. The first kappa shape index (κ1) is 18.8. The Kier molecular flexibility index (Phi) is 5.41. The third-order valence-electron chi connectivity index (χ3n) is 4.77. The number of amides is 1. The van der Waals surface area contributed by atoms with Crippen molar-refractivity contribution in [2.24, 2.45) is 0 Å². The number of nitro groups is 1. The molecule has 0 aromatic heterocycles. The molecule has 0 aliphatic carbocycles. The number of carbonyl (C=O) groups excluding carboxylic acids is 1. The number of piperazine rings is 1. The smallest absolute Gasteiger partial charge is 0.271 e. The minimum atomic E-state index is -0.444. The van der Waals surface area contributed by atoms with Gasteiger partial charge in [-0.15, -0.1) is 0 Å². The zero-order valence-corrected chi connectivity index (χ0v) is 15.9. The van der Waals surface area contributed by atoms with Gasteiger partial charge in [-0.3, -0.25) is 14.9 Å². The van der Waals surface area contributed by atoms with Crippen molar-refractivity contribution < 1.29 is 9.72 Å². The Morgan fingerprint density at radius 1 is 1.04 bits per heavy atom. The van der Waals surface area contributed by atoms with Gasteiger partial charge in [0, 0.05) is 43.9 Å². The molecule has 1 aliphatic rings. The molecule has 0 radical (unpaired) electrons. The molecule has 1 amide bonds. The van der Waals surface area contributed by atoms with E-state index in [1.807, 2.05) is 32.0 Å². The van der Waals surface area contributed by atoms with E-state index in [1.54, 1.807) is 6.07 Å². The number of nitrogens with zero attached hydrogens (tertiary/aromatic N) is 3. The first-order valence-electron chi connectivity index (χ1n) is 8.95. The lowest BCUT2D eigenvalue weighted by Gasteiger charge is -2.35. The molecule has 0 unspecified atom stereocenters. The minimum Gasteiger partial charge on any atom is -0.367 e. The molecule has 27 heavy (non-hydrogen) atoms. The third kappa shape index (κ3) is 4.43. The Morgan fingerprint density at radius 2 is 1.67 bits per heavy atom. The fourth-order valence-corrected chi connectivity index (χ4v) is 3.36. The fourth-order valence-electron chi connectivity index (χ4n) is 3.36. The van der Waals surface area contributed by atoms with Gasteiger partial charge in [-0.25, -0.2) is 0 Å². The molecular formula is C20H24N4O3. The maximum absolute atomic E-state index is 12.8. The van der Waals surface area contributed by atoms with Gasteiger partial charge in [0.05, 0.1) is 16.3 Å². The van der Waals surface area contributed by atoms with Crippen LogP contribution in [0, 0.1) is 24.0 Å². The molecule has 7 heteroatoms. The second-order valence-electron chi connectivity index (χ2n) is 7.08. The molecule has 0 spiro atoms. The summed E-state index contributed by atoms with van der Waals surface area (Å²) in [6.45, 7) is 7.30. The van der Waals surface area contributed by atoms with Crippen molar-refractivity contribution in [3.05, 3.63) is 63.2 Å². The molecule has 0 bridgehead atoms. The molecule has 7 nitrogen and oxygen atoms in total. The Balaban J connectivity index is 1.92. The second kappa shape index (κ2) is 7.75. The summed E-state index contributed by atoms with van der Waals surface area (Å²) in [4.78, 5) is 27.9. The van der Waals surface area contributed by atoms with Crippen LogP contribution in [0.4, 0.5) is 17.1 Å². The number of hydrogen-bond acceptors (Lipinski definition) is 5. The van der Waals surface area contributed by atoms with Gasteiger partial charge >= 0.3 is 0 Å². The number of rotatable bonds is 4. The molecule has 0 atom stereocenters. The van der Waals surface area contributed by atoms with E-state index < -0.39 is 4.92 Å². The molecule has 1 saturated heterocycles. The van der Waals surface area contributed by atoms with Gasteiger partial charge in [-0.05, 0) is 39.1 Å². The van der Waals surface area contributed by atoms with E-state index in [4.69, 9.17) is 0 Å².